The largest absolute Gasteiger partial charge is 0.507 e. The zero-order chi connectivity index (χ0) is 23.4. The maximum Gasteiger partial charge on any atom is 0.270 e. The van der Waals surface area contributed by atoms with Crippen LogP contribution >= 0.6 is 0 Å². The standard InChI is InChI=1S/C27H38N2O4/c1-25-12-4-3-5-19(25)6-8-21-22(25)10-13-26(2)23(21)11-14-27(26,31)17-28-16-18-15-20(29(32)33)7-9-24(18)30/h7,9,15-16,19,21-23,30-31H,3-6,8,10-14,17H2,1-2H3. The SMILES string of the molecule is CC12CCCCC1CCC1C2CCC2(C)C1CCC2(O)CN=Cc1cc([N+](=O)[O-])ccc1O. The molecular formula is C27H38N2O4. The first kappa shape index (κ1) is 22.8. The Morgan fingerprint density at radius 3 is 2.67 bits per heavy atom. The number of phenolic OH excluding ortho intramolecular Hbond substituents is 1. The van der Waals surface area contributed by atoms with Crippen LogP contribution in [-0.2, 0) is 0 Å². The van der Waals surface area contributed by atoms with E-state index in [1.54, 1.807) is 0 Å². The number of hydrogen-bond donors (Lipinski definition) is 2. The number of fused-ring (bicyclic) bond motifs is 5. The van der Waals surface area contributed by atoms with Crippen molar-refractivity contribution in [3.63, 3.8) is 0 Å². The van der Waals surface area contributed by atoms with Crippen molar-refractivity contribution in [2.45, 2.75) is 83.7 Å². The maximum absolute atomic E-state index is 11.8. The Morgan fingerprint density at radius 1 is 1.09 bits per heavy atom. The van der Waals surface area contributed by atoms with Crippen LogP contribution in [-0.4, -0.2) is 33.5 Å². The molecule has 6 heteroatoms. The van der Waals surface area contributed by atoms with Gasteiger partial charge in [0.05, 0.1) is 17.1 Å². The smallest absolute Gasteiger partial charge is 0.270 e. The Labute approximate surface area is 196 Å². The predicted octanol–water partition coefficient (Wildman–Crippen LogP) is 5.88. The van der Waals surface area contributed by atoms with Crippen LogP contribution in [0.15, 0.2) is 23.2 Å². The number of aliphatic hydroxyl groups is 1. The number of non-ortho nitro benzene ring substituents is 1. The van der Waals surface area contributed by atoms with Gasteiger partial charge in [0.2, 0.25) is 0 Å². The van der Waals surface area contributed by atoms with Gasteiger partial charge in [-0.05, 0) is 86.5 Å². The van der Waals surface area contributed by atoms with E-state index in [1.807, 2.05) is 0 Å². The number of rotatable bonds is 4. The number of nitrogens with zero attached hydrogens (tertiary/aromatic N) is 2. The number of nitro groups is 1. The lowest BCUT2D eigenvalue weighted by Crippen LogP contribution is -2.56. The summed E-state index contributed by atoms with van der Waals surface area (Å²) in [5, 5.41) is 33.0. The second-order valence-corrected chi connectivity index (χ2v) is 11.9. The maximum atomic E-state index is 11.8. The number of benzene rings is 1. The summed E-state index contributed by atoms with van der Waals surface area (Å²) < 4.78 is 0. The van der Waals surface area contributed by atoms with Crippen molar-refractivity contribution in [2.24, 2.45) is 39.5 Å². The predicted molar refractivity (Wildman–Crippen MR) is 129 cm³/mol. The molecule has 4 aliphatic carbocycles. The van der Waals surface area contributed by atoms with Crippen LogP contribution in [0.4, 0.5) is 5.69 Å². The summed E-state index contributed by atoms with van der Waals surface area (Å²) >= 11 is 0. The van der Waals surface area contributed by atoms with Gasteiger partial charge in [0, 0.05) is 29.3 Å². The average Bonchev–Trinajstić information content (AvgIpc) is 3.05. The number of nitro benzene ring substituents is 1. The highest BCUT2D eigenvalue weighted by atomic mass is 16.6. The summed E-state index contributed by atoms with van der Waals surface area (Å²) in [6, 6.07) is 3.93. The van der Waals surface area contributed by atoms with Gasteiger partial charge in [0.15, 0.2) is 0 Å². The second kappa shape index (κ2) is 8.07. The Morgan fingerprint density at radius 2 is 1.88 bits per heavy atom. The minimum absolute atomic E-state index is 0.0372. The van der Waals surface area contributed by atoms with Crippen LogP contribution < -0.4 is 0 Å². The van der Waals surface area contributed by atoms with Crippen molar-refractivity contribution in [3.05, 3.63) is 33.9 Å². The van der Waals surface area contributed by atoms with E-state index < -0.39 is 10.5 Å². The quantitative estimate of drug-likeness (QED) is 0.337. The van der Waals surface area contributed by atoms with Crippen molar-refractivity contribution in [3.8, 4) is 5.75 Å². The molecule has 7 atom stereocenters. The molecule has 0 amide bonds. The van der Waals surface area contributed by atoms with E-state index >= 15 is 0 Å². The van der Waals surface area contributed by atoms with Gasteiger partial charge in [0.25, 0.3) is 5.69 Å². The minimum atomic E-state index is -0.861. The fraction of sp³-hybridized carbons (Fsp3) is 0.741. The first-order chi connectivity index (χ1) is 15.7. The van der Waals surface area contributed by atoms with Crippen LogP contribution in [0.1, 0.15) is 83.6 Å². The summed E-state index contributed by atoms with van der Waals surface area (Å²) in [5.41, 5.74) is -0.278. The molecule has 0 aromatic heterocycles. The highest BCUT2D eigenvalue weighted by Gasteiger charge is 2.64. The van der Waals surface area contributed by atoms with Crippen molar-refractivity contribution >= 4 is 11.9 Å². The molecule has 6 nitrogen and oxygen atoms in total. The lowest BCUT2D eigenvalue weighted by Gasteiger charge is -2.61. The van der Waals surface area contributed by atoms with Gasteiger partial charge >= 0.3 is 0 Å². The Balaban J connectivity index is 1.34. The molecule has 1 aromatic carbocycles. The first-order valence-corrected chi connectivity index (χ1v) is 12.9. The molecule has 0 heterocycles. The molecule has 4 saturated carbocycles. The summed E-state index contributed by atoms with van der Waals surface area (Å²) in [7, 11) is 0. The third-order valence-electron chi connectivity index (χ3n) is 10.7. The molecule has 5 rings (SSSR count). The normalized spacial score (nSPS) is 42.5. The van der Waals surface area contributed by atoms with E-state index in [4.69, 9.17) is 0 Å². The van der Waals surface area contributed by atoms with Gasteiger partial charge in [-0.2, -0.15) is 0 Å². The van der Waals surface area contributed by atoms with Crippen LogP contribution in [0.3, 0.4) is 0 Å². The molecule has 2 N–H and O–H groups in total. The Hall–Kier alpha value is -1.95. The first-order valence-electron chi connectivity index (χ1n) is 12.9. The molecular weight excluding hydrogens is 416 g/mol. The Bertz CT molecular complexity index is 963. The van der Waals surface area contributed by atoms with Gasteiger partial charge in [0.1, 0.15) is 5.75 Å². The molecule has 4 aliphatic rings. The number of hydrogen-bond acceptors (Lipinski definition) is 5. The molecule has 180 valence electrons. The lowest BCUT2D eigenvalue weighted by atomic mass is 9.44. The fourth-order valence-electron chi connectivity index (χ4n) is 8.72. The van der Waals surface area contributed by atoms with Gasteiger partial charge in [-0.15, -0.1) is 0 Å². The molecule has 0 bridgehead atoms. The van der Waals surface area contributed by atoms with E-state index in [0.717, 1.165) is 31.1 Å². The van der Waals surface area contributed by atoms with Crippen molar-refractivity contribution in [1.29, 1.82) is 0 Å². The van der Waals surface area contributed by atoms with Gasteiger partial charge < -0.3 is 10.2 Å². The lowest BCUT2D eigenvalue weighted by molar-refractivity contribution is -0.384. The molecule has 0 spiro atoms. The van der Waals surface area contributed by atoms with Gasteiger partial charge in [-0.3, -0.25) is 15.1 Å². The molecule has 1 aromatic rings. The third kappa shape index (κ3) is 3.51. The van der Waals surface area contributed by atoms with Crippen molar-refractivity contribution < 1.29 is 15.1 Å². The van der Waals surface area contributed by atoms with Crippen LogP contribution in [0.5, 0.6) is 5.75 Å². The topological polar surface area (TPSA) is 96.0 Å². The highest BCUT2D eigenvalue weighted by Crippen LogP contribution is 2.68. The van der Waals surface area contributed by atoms with E-state index in [1.165, 1.54) is 69.4 Å². The van der Waals surface area contributed by atoms with E-state index in [0.29, 0.717) is 22.8 Å². The van der Waals surface area contributed by atoms with E-state index in [-0.39, 0.29) is 23.4 Å². The number of phenols is 1. The fourth-order valence-corrected chi connectivity index (χ4v) is 8.72. The molecule has 33 heavy (non-hydrogen) atoms. The Kier molecular flexibility index (Phi) is 5.58. The average molecular weight is 455 g/mol. The van der Waals surface area contributed by atoms with Gasteiger partial charge in [-0.25, -0.2) is 0 Å². The molecule has 4 fully saturated rings. The summed E-state index contributed by atoms with van der Waals surface area (Å²) in [6.45, 7) is 5.14. The molecule has 0 saturated heterocycles. The number of aliphatic imine (C=N–C) groups is 1. The molecule has 7 unspecified atom stereocenters. The van der Waals surface area contributed by atoms with E-state index in [9.17, 15) is 20.3 Å². The van der Waals surface area contributed by atoms with Crippen LogP contribution in [0.2, 0.25) is 0 Å². The zero-order valence-corrected chi connectivity index (χ0v) is 20.0. The highest BCUT2D eigenvalue weighted by molar-refractivity contribution is 5.84. The molecule has 0 aliphatic heterocycles. The van der Waals surface area contributed by atoms with Gasteiger partial charge in [-0.1, -0.05) is 26.7 Å². The zero-order valence-electron chi connectivity index (χ0n) is 20.0. The second-order valence-electron chi connectivity index (χ2n) is 11.9. The third-order valence-corrected chi connectivity index (χ3v) is 10.7. The molecule has 0 radical (unpaired) electrons. The minimum Gasteiger partial charge on any atom is -0.507 e. The van der Waals surface area contributed by atoms with Crippen molar-refractivity contribution in [2.75, 3.05) is 6.54 Å². The monoisotopic (exact) mass is 454 g/mol. The van der Waals surface area contributed by atoms with E-state index in [2.05, 4.69) is 18.8 Å². The number of aromatic hydroxyl groups is 1. The summed E-state index contributed by atoms with van der Waals surface area (Å²) in [5.74, 6) is 2.90. The summed E-state index contributed by atoms with van der Waals surface area (Å²) in [4.78, 5) is 15.1. The van der Waals surface area contributed by atoms with Crippen LogP contribution in [0, 0.1) is 44.6 Å². The van der Waals surface area contributed by atoms with Crippen LogP contribution in [0.25, 0.3) is 0 Å². The summed E-state index contributed by atoms with van der Waals surface area (Å²) in [6.07, 6.45) is 13.8. The van der Waals surface area contributed by atoms with Crippen molar-refractivity contribution in [1.82, 2.24) is 0 Å².